The van der Waals surface area contributed by atoms with E-state index in [1.54, 1.807) is 0 Å². The maximum absolute atomic E-state index is 11.0. The van der Waals surface area contributed by atoms with Crippen molar-refractivity contribution in [3.05, 3.63) is 96.3 Å². The molecule has 0 unspecified atom stereocenters. The van der Waals surface area contributed by atoms with Crippen LogP contribution >= 0.6 is 0 Å². The van der Waals surface area contributed by atoms with E-state index in [-0.39, 0.29) is 0 Å². The van der Waals surface area contributed by atoms with Crippen LogP contribution in [0.4, 0.5) is 0 Å². The molecule has 0 radical (unpaired) electrons. The first-order chi connectivity index (χ1) is 16.7. The Hall–Kier alpha value is -4.38. The summed E-state index contributed by atoms with van der Waals surface area (Å²) in [6.45, 7) is 3.31. The number of carbonyl (C=O) groups is 1. The predicted octanol–water partition coefficient (Wildman–Crippen LogP) is 6.23. The van der Waals surface area contributed by atoms with Gasteiger partial charge in [-0.2, -0.15) is 0 Å². The molecule has 2 aromatic heterocycles. The van der Waals surface area contributed by atoms with Crippen LogP contribution in [0, 0.1) is 6.92 Å². The van der Waals surface area contributed by atoms with Crippen molar-refractivity contribution in [1.29, 1.82) is 0 Å². The van der Waals surface area contributed by atoms with Crippen LogP contribution < -0.4 is 9.47 Å². The van der Waals surface area contributed by atoms with Crippen molar-refractivity contribution in [3.8, 4) is 45.0 Å². The first-order valence-electron chi connectivity index (χ1n) is 11.2. The molecule has 3 aromatic carbocycles. The average molecular weight is 447 g/mol. The van der Waals surface area contributed by atoms with E-state index in [1.165, 1.54) is 5.56 Å². The van der Waals surface area contributed by atoms with Crippen molar-refractivity contribution in [2.45, 2.75) is 6.92 Å². The average Bonchev–Trinajstić information content (AvgIpc) is 3.32. The van der Waals surface area contributed by atoms with Gasteiger partial charge in [0.15, 0.2) is 11.5 Å². The molecule has 0 fully saturated rings. The molecule has 1 aliphatic heterocycles. The number of rotatable bonds is 4. The number of hydrogen-bond donors (Lipinski definition) is 0. The van der Waals surface area contributed by atoms with Gasteiger partial charge in [-0.25, -0.2) is 4.98 Å². The van der Waals surface area contributed by atoms with Crippen LogP contribution in [0.5, 0.6) is 11.5 Å². The summed E-state index contributed by atoms with van der Waals surface area (Å²) >= 11 is 0. The number of hydrogen-bond acceptors (Lipinski definition) is 4. The van der Waals surface area contributed by atoms with Crippen LogP contribution in [0.3, 0.4) is 0 Å². The van der Waals surface area contributed by atoms with Crippen molar-refractivity contribution in [1.82, 2.24) is 9.38 Å². The highest BCUT2D eigenvalue weighted by Crippen LogP contribution is 2.38. The van der Waals surface area contributed by atoms with Gasteiger partial charge in [0.2, 0.25) is 0 Å². The molecule has 166 valence electrons. The van der Waals surface area contributed by atoms with E-state index in [9.17, 15) is 4.79 Å². The number of aromatic nitrogens is 2. The Kier molecular flexibility index (Phi) is 4.88. The minimum Gasteiger partial charge on any atom is -0.486 e. The quantitative estimate of drug-likeness (QED) is 0.307. The third kappa shape index (κ3) is 3.42. The van der Waals surface area contributed by atoms with Crippen molar-refractivity contribution in [3.63, 3.8) is 0 Å². The molecule has 5 aromatic rings. The number of aldehydes is 1. The van der Waals surface area contributed by atoms with E-state index in [0.717, 1.165) is 56.9 Å². The molecule has 0 saturated carbocycles. The second-order valence-electron chi connectivity index (χ2n) is 8.36. The van der Waals surface area contributed by atoms with Gasteiger partial charge < -0.3 is 9.47 Å². The molecule has 1 aliphatic rings. The van der Waals surface area contributed by atoms with Crippen molar-refractivity contribution >= 4 is 11.9 Å². The van der Waals surface area contributed by atoms with Gasteiger partial charge in [0.1, 0.15) is 25.1 Å². The lowest BCUT2D eigenvalue weighted by atomic mass is 9.93. The molecule has 3 heterocycles. The zero-order valence-corrected chi connectivity index (χ0v) is 18.7. The number of nitrogens with zero attached hydrogens (tertiary/aromatic N) is 2. The standard InChI is InChI=1S/C29H22N2O3/c1-19-24(22-9-10-27-28(15-22)34-14-13-33-27)3-2-4-25(19)23-11-12-31-26(17-30-29(31)16-23)21-7-5-20(18-32)6-8-21/h2-12,15-18H,13-14H2,1H3. The molecule has 5 nitrogen and oxygen atoms in total. The summed E-state index contributed by atoms with van der Waals surface area (Å²) in [6, 6.07) is 24.3. The monoisotopic (exact) mass is 446 g/mol. The van der Waals surface area contributed by atoms with Gasteiger partial charge in [0.25, 0.3) is 0 Å². The van der Waals surface area contributed by atoms with Gasteiger partial charge in [0, 0.05) is 17.3 Å². The zero-order chi connectivity index (χ0) is 23.1. The fraction of sp³-hybridized carbons (Fsp3) is 0.103. The molecular formula is C29H22N2O3. The summed E-state index contributed by atoms with van der Waals surface area (Å²) in [4.78, 5) is 15.6. The Morgan fingerprint density at radius 2 is 1.53 bits per heavy atom. The Morgan fingerprint density at radius 1 is 0.824 bits per heavy atom. The molecule has 0 spiro atoms. The van der Waals surface area contributed by atoms with Gasteiger partial charge in [-0.3, -0.25) is 9.20 Å². The summed E-state index contributed by atoms with van der Waals surface area (Å²) in [5.41, 5.74) is 9.26. The molecular weight excluding hydrogens is 424 g/mol. The first-order valence-corrected chi connectivity index (χ1v) is 11.2. The number of imidazole rings is 1. The Balaban J connectivity index is 1.39. The van der Waals surface area contributed by atoms with Crippen LogP contribution in [0.25, 0.3) is 39.2 Å². The second kappa shape index (κ2) is 8.19. The molecule has 0 amide bonds. The minimum absolute atomic E-state index is 0.572. The minimum atomic E-state index is 0.572. The lowest BCUT2D eigenvalue weighted by Crippen LogP contribution is -2.15. The number of fused-ring (bicyclic) bond motifs is 2. The topological polar surface area (TPSA) is 52.8 Å². The molecule has 34 heavy (non-hydrogen) atoms. The number of benzene rings is 3. The maximum atomic E-state index is 11.0. The molecule has 5 heteroatoms. The fourth-order valence-electron chi connectivity index (χ4n) is 4.57. The summed E-state index contributed by atoms with van der Waals surface area (Å²) in [7, 11) is 0. The van der Waals surface area contributed by atoms with Crippen molar-refractivity contribution < 1.29 is 14.3 Å². The van der Waals surface area contributed by atoms with Crippen molar-refractivity contribution in [2.75, 3.05) is 13.2 Å². The highest BCUT2D eigenvalue weighted by molar-refractivity contribution is 5.81. The molecule has 0 atom stereocenters. The van der Waals surface area contributed by atoms with Gasteiger partial charge in [-0.05, 0) is 59.0 Å². The summed E-state index contributed by atoms with van der Waals surface area (Å²) in [6.07, 6.45) is 4.77. The highest BCUT2D eigenvalue weighted by atomic mass is 16.6. The van der Waals surface area contributed by atoms with Gasteiger partial charge in [-0.1, -0.05) is 48.5 Å². The van der Waals surface area contributed by atoms with Crippen molar-refractivity contribution in [2.24, 2.45) is 0 Å². The van der Waals surface area contributed by atoms with E-state index in [0.29, 0.717) is 18.8 Å². The maximum Gasteiger partial charge on any atom is 0.161 e. The van der Waals surface area contributed by atoms with E-state index in [2.05, 4.69) is 65.0 Å². The van der Waals surface area contributed by atoms with Gasteiger partial charge >= 0.3 is 0 Å². The van der Waals surface area contributed by atoms with E-state index in [4.69, 9.17) is 9.47 Å². The number of carbonyl (C=O) groups excluding carboxylic acids is 1. The number of pyridine rings is 1. The zero-order valence-electron chi connectivity index (χ0n) is 18.7. The normalized spacial score (nSPS) is 12.6. The Labute approximate surface area is 197 Å². The highest BCUT2D eigenvalue weighted by Gasteiger charge is 2.15. The van der Waals surface area contributed by atoms with E-state index in [1.807, 2.05) is 36.5 Å². The fourth-order valence-corrected chi connectivity index (χ4v) is 4.57. The van der Waals surface area contributed by atoms with Crippen LogP contribution in [0.15, 0.2) is 85.2 Å². The number of ether oxygens (including phenoxy) is 2. The third-order valence-corrected chi connectivity index (χ3v) is 6.35. The van der Waals surface area contributed by atoms with Crippen LogP contribution in [-0.2, 0) is 0 Å². The molecule has 0 bridgehead atoms. The summed E-state index contributed by atoms with van der Waals surface area (Å²) in [5, 5.41) is 0. The SMILES string of the molecule is Cc1c(-c2ccc3c(c2)OCCO3)cccc1-c1ccn2c(-c3ccc(C=O)cc3)cnc2c1. The second-order valence-corrected chi connectivity index (χ2v) is 8.36. The Bertz CT molecular complexity index is 1530. The molecule has 0 aliphatic carbocycles. The molecule has 0 saturated heterocycles. The van der Waals surface area contributed by atoms with E-state index >= 15 is 0 Å². The lowest BCUT2D eigenvalue weighted by molar-refractivity contribution is 0.112. The smallest absolute Gasteiger partial charge is 0.161 e. The summed E-state index contributed by atoms with van der Waals surface area (Å²) < 4.78 is 13.5. The third-order valence-electron chi connectivity index (χ3n) is 6.35. The summed E-state index contributed by atoms with van der Waals surface area (Å²) in [5.74, 6) is 1.59. The molecule has 0 N–H and O–H groups in total. The van der Waals surface area contributed by atoms with Gasteiger partial charge in [-0.15, -0.1) is 0 Å². The largest absolute Gasteiger partial charge is 0.486 e. The van der Waals surface area contributed by atoms with Crippen LogP contribution in [0.2, 0.25) is 0 Å². The lowest BCUT2D eigenvalue weighted by Gasteiger charge is -2.19. The predicted molar refractivity (Wildman–Crippen MR) is 133 cm³/mol. The van der Waals surface area contributed by atoms with E-state index < -0.39 is 0 Å². The van der Waals surface area contributed by atoms with Gasteiger partial charge in [0.05, 0.1) is 11.9 Å². The first kappa shape index (κ1) is 20.2. The molecule has 6 rings (SSSR count). The van der Waals surface area contributed by atoms with Crippen LogP contribution in [-0.4, -0.2) is 28.9 Å². The Morgan fingerprint density at radius 3 is 2.29 bits per heavy atom. The van der Waals surface area contributed by atoms with Crippen LogP contribution in [0.1, 0.15) is 15.9 Å².